The van der Waals surface area contributed by atoms with Gasteiger partial charge in [-0.1, -0.05) is 26.2 Å². The number of anilines is 1. The smallest absolute Gasteiger partial charge is 0.319 e. The van der Waals surface area contributed by atoms with Gasteiger partial charge < -0.3 is 10.6 Å². The molecule has 0 radical (unpaired) electrons. The van der Waals surface area contributed by atoms with Crippen LogP contribution in [0.5, 0.6) is 0 Å². The number of carbonyl (C=O) groups is 1. The van der Waals surface area contributed by atoms with Crippen LogP contribution in [0.1, 0.15) is 44.7 Å². The van der Waals surface area contributed by atoms with E-state index in [4.69, 9.17) is 0 Å². The SMILES string of the molecule is CCc1nn(C)cc1NC(=O)NC1CCCCC1. The van der Waals surface area contributed by atoms with Gasteiger partial charge in [-0.25, -0.2) is 4.79 Å². The maximum Gasteiger partial charge on any atom is 0.319 e. The number of rotatable bonds is 3. The van der Waals surface area contributed by atoms with Crippen LogP contribution in [0.3, 0.4) is 0 Å². The average molecular weight is 250 g/mol. The normalized spacial score (nSPS) is 16.6. The average Bonchev–Trinajstić information content (AvgIpc) is 2.70. The Bertz CT molecular complexity index is 407. The predicted octanol–water partition coefficient (Wildman–Crippen LogP) is 2.44. The zero-order valence-corrected chi connectivity index (χ0v) is 11.2. The van der Waals surface area contributed by atoms with Crippen molar-refractivity contribution < 1.29 is 4.79 Å². The maximum absolute atomic E-state index is 11.9. The molecule has 1 aromatic rings. The minimum Gasteiger partial charge on any atom is -0.335 e. The van der Waals surface area contributed by atoms with E-state index in [-0.39, 0.29) is 6.03 Å². The Morgan fingerprint density at radius 1 is 1.44 bits per heavy atom. The molecule has 5 nitrogen and oxygen atoms in total. The van der Waals surface area contributed by atoms with Crippen molar-refractivity contribution in [3.63, 3.8) is 0 Å². The monoisotopic (exact) mass is 250 g/mol. The fourth-order valence-corrected chi connectivity index (χ4v) is 2.49. The molecule has 1 saturated carbocycles. The van der Waals surface area contributed by atoms with Crippen LogP contribution in [0.2, 0.25) is 0 Å². The van der Waals surface area contributed by atoms with Gasteiger partial charge >= 0.3 is 6.03 Å². The van der Waals surface area contributed by atoms with Crippen LogP contribution in [0.15, 0.2) is 6.20 Å². The van der Waals surface area contributed by atoms with Crippen molar-refractivity contribution in [2.75, 3.05) is 5.32 Å². The molecular formula is C13H22N4O. The summed E-state index contributed by atoms with van der Waals surface area (Å²) in [5, 5.41) is 10.2. The van der Waals surface area contributed by atoms with Crippen LogP contribution in [0.4, 0.5) is 10.5 Å². The quantitative estimate of drug-likeness (QED) is 0.865. The largest absolute Gasteiger partial charge is 0.335 e. The Kier molecular flexibility index (Phi) is 4.23. The van der Waals surface area contributed by atoms with Gasteiger partial charge in [0.2, 0.25) is 0 Å². The van der Waals surface area contributed by atoms with E-state index >= 15 is 0 Å². The number of hydrogen-bond acceptors (Lipinski definition) is 2. The van der Waals surface area contributed by atoms with E-state index in [0.717, 1.165) is 30.6 Å². The van der Waals surface area contributed by atoms with E-state index in [1.807, 2.05) is 20.2 Å². The third kappa shape index (κ3) is 3.24. The van der Waals surface area contributed by atoms with Crippen molar-refractivity contribution >= 4 is 11.7 Å². The molecule has 0 atom stereocenters. The van der Waals surface area contributed by atoms with Crippen LogP contribution in [-0.4, -0.2) is 21.9 Å². The Balaban J connectivity index is 1.89. The molecule has 0 spiro atoms. The summed E-state index contributed by atoms with van der Waals surface area (Å²) < 4.78 is 1.73. The third-order valence-corrected chi connectivity index (χ3v) is 3.43. The number of nitrogens with one attached hydrogen (secondary N) is 2. The lowest BCUT2D eigenvalue weighted by Crippen LogP contribution is -2.39. The lowest BCUT2D eigenvalue weighted by molar-refractivity contribution is 0.244. The molecule has 0 saturated heterocycles. The minimum atomic E-state index is -0.107. The van der Waals surface area contributed by atoms with Gasteiger partial charge in [0, 0.05) is 19.3 Å². The number of urea groups is 1. The number of carbonyl (C=O) groups excluding carboxylic acids is 1. The standard InChI is InChI=1S/C13H22N4O/c1-3-11-12(9-17(2)16-11)15-13(18)14-10-7-5-4-6-8-10/h9-10H,3-8H2,1-2H3,(H2,14,15,18). The molecule has 0 unspecified atom stereocenters. The van der Waals surface area contributed by atoms with Crippen LogP contribution >= 0.6 is 0 Å². The van der Waals surface area contributed by atoms with Gasteiger partial charge in [0.1, 0.15) is 0 Å². The molecule has 1 aromatic heterocycles. The van der Waals surface area contributed by atoms with Gasteiger partial charge in [0.05, 0.1) is 11.4 Å². The number of amides is 2. The topological polar surface area (TPSA) is 59.0 Å². The summed E-state index contributed by atoms with van der Waals surface area (Å²) in [6, 6.07) is 0.227. The van der Waals surface area contributed by atoms with E-state index < -0.39 is 0 Å². The first-order valence-corrected chi connectivity index (χ1v) is 6.79. The van der Waals surface area contributed by atoms with Crippen molar-refractivity contribution in [3.05, 3.63) is 11.9 Å². The molecule has 2 rings (SSSR count). The highest BCUT2D eigenvalue weighted by atomic mass is 16.2. The summed E-state index contributed by atoms with van der Waals surface area (Å²) in [7, 11) is 1.86. The molecule has 1 fully saturated rings. The number of hydrogen-bond donors (Lipinski definition) is 2. The lowest BCUT2D eigenvalue weighted by atomic mass is 9.96. The Hall–Kier alpha value is -1.52. The van der Waals surface area contributed by atoms with Crippen molar-refractivity contribution in [2.24, 2.45) is 7.05 Å². The number of nitrogens with zero attached hydrogens (tertiary/aromatic N) is 2. The summed E-state index contributed by atoms with van der Waals surface area (Å²) in [6.07, 6.45) is 8.60. The molecule has 1 aliphatic rings. The highest BCUT2D eigenvalue weighted by molar-refractivity contribution is 5.89. The molecule has 1 heterocycles. The van der Waals surface area contributed by atoms with E-state index in [0.29, 0.717) is 6.04 Å². The molecule has 0 aliphatic heterocycles. The second-order valence-electron chi connectivity index (χ2n) is 4.95. The lowest BCUT2D eigenvalue weighted by Gasteiger charge is -2.22. The van der Waals surface area contributed by atoms with Crippen LogP contribution in [0, 0.1) is 0 Å². The summed E-state index contributed by atoms with van der Waals surface area (Å²) in [4.78, 5) is 11.9. The van der Waals surface area contributed by atoms with Crippen LogP contribution in [0.25, 0.3) is 0 Å². The molecule has 5 heteroatoms. The zero-order valence-electron chi connectivity index (χ0n) is 11.2. The third-order valence-electron chi connectivity index (χ3n) is 3.43. The van der Waals surface area contributed by atoms with Crippen LogP contribution in [-0.2, 0) is 13.5 Å². The number of aromatic nitrogens is 2. The van der Waals surface area contributed by atoms with Gasteiger partial charge in [-0.2, -0.15) is 5.10 Å². The van der Waals surface area contributed by atoms with Gasteiger partial charge in [0.15, 0.2) is 0 Å². The van der Waals surface area contributed by atoms with Crippen molar-refractivity contribution in [1.29, 1.82) is 0 Å². The molecule has 2 amide bonds. The Labute approximate surface area is 108 Å². The van der Waals surface area contributed by atoms with E-state index in [2.05, 4.69) is 15.7 Å². The first kappa shape index (κ1) is 12.9. The van der Waals surface area contributed by atoms with E-state index in [9.17, 15) is 4.79 Å². The summed E-state index contributed by atoms with van der Waals surface area (Å²) in [5.74, 6) is 0. The fraction of sp³-hybridized carbons (Fsp3) is 0.692. The summed E-state index contributed by atoms with van der Waals surface area (Å²) >= 11 is 0. The van der Waals surface area contributed by atoms with Gasteiger partial charge in [-0.05, 0) is 19.3 Å². The van der Waals surface area contributed by atoms with Crippen molar-refractivity contribution in [1.82, 2.24) is 15.1 Å². The van der Waals surface area contributed by atoms with Gasteiger partial charge in [0.25, 0.3) is 0 Å². The van der Waals surface area contributed by atoms with Gasteiger partial charge in [-0.3, -0.25) is 4.68 Å². The summed E-state index contributed by atoms with van der Waals surface area (Å²) in [6.45, 7) is 2.03. The second kappa shape index (κ2) is 5.89. The van der Waals surface area contributed by atoms with Crippen LogP contribution < -0.4 is 10.6 Å². The highest BCUT2D eigenvalue weighted by Gasteiger charge is 2.16. The zero-order chi connectivity index (χ0) is 13.0. The molecule has 0 aromatic carbocycles. The molecular weight excluding hydrogens is 228 g/mol. The molecule has 2 N–H and O–H groups in total. The predicted molar refractivity (Wildman–Crippen MR) is 71.6 cm³/mol. The Morgan fingerprint density at radius 2 is 2.17 bits per heavy atom. The molecule has 100 valence electrons. The Morgan fingerprint density at radius 3 is 2.83 bits per heavy atom. The highest BCUT2D eigenvalue weighted by Crippen LogP contribution is 2.18. The first-order valence-electron chi connectivity index (χ1n) is 6.79. The minimum absolute atomic E-state index is 0.107. The number of aryl methyl sites for hydroxylation is 2. The second-order valence-corrected chi connectivity index (χ2v) is 4.95. The van der Waals surface area contributed by atoms with Crippen molar-refractivity contribution in [3.8, 4) is 0 Å². The fourth-order valence-electron chi connectivity index (χ4n) is 2.49. The first-order chi connectivity index (χ1) is 8.69. The van der Waals surface area contributed by atoms with Crippen molar-refractivity contribution in [2.45, 2.75) is 51.5 Å². The molecule has 1 aliphatic carbocycles. The molecule has 18 heavy (non-hydrogen) atoms. The maximum atomic E-state index is 11.9. The van der Waals surface area contributed by atoms with Gasteiger partial charge in [-0.15, -0.1) is 0 Å². The molecule has 0 bridgehead atoms. The van der Waals surface area contributed by atoms with E-state index in [1.165, 1.54) is 19.3 Å². The summed E-state index contributed by atoms with van der Waals surface area (Å²) in [5.41, 5.74) is 1.74. The van der Waals surface area contributed by atoms with E-state index in [1.54, 1.807) is 4.68 Å².